The van der Waals surface area contributed by atoms with Gasteiger partial charge in [-0.25, -0.2) is 4.98 Å². The predicted octanol–water partition coefficient (Wildman–Crippen LogP) is 2.09. The lowest BCUT2D eigenvalue weighted by atomic mass is 10.2. The fraction of sp³-hybridized carbons (Fsp3) is 0.267. The minimum Gasteiger partial charge on any atom is -0.504 e. The van der Waals surface area contributed by atoms with Crippen molar-refractivity contribution < 1.29 is 14.6 Å². The molecule has 5 nitrogen and oxygen atoms in total. The van der Waals surface area contributed by atoms with E-state index in [1.54, 1.807) is 25.4 Å². The van der Waals surface area contributed by atoms with E-state index in [1.807, 2.05) is 18.2 Å². The zero-order chi connectivity index (χ0) is 14.4. The van der Waals surface area contributed by atoms with Crippen LogP contribution >= 0.6 is 0 Å². The lowest BCUT2D eigenvalue weighted by Crippen LogP contribution is -2.12. The molecule has 2 aromatic rings. The van der Waals surface area contributed by atoms with Gasteiger partial charge in [-0.15, -0.1) is 0 Å². The van der Waals surface area contributed by atoms with Gasteiger partial charge in [0.2, 0.25) is 5.88 Å². The van der Waals surface area contributed by atoms with E-state index in [2.05, 4.69) is 10.3 Å². The molecule has 0 atom stereocenters. The molecule has 0 aliphatic heterocycles. The SMILES string of the molecule is COc1ccc(CNCc2ccc(OC)c(O)c2)cn1. The molecule has 0 aliphatic carbocycles. The smallest absolute Gasteiger partial charge is 0.212 e. The molecule has 0 bridgehead atoms. The van der Waals surface area contributed by atoms with Gasteiger partial charge in [-0.1, -0.05) is 12.1 Å². The minimum absolute atomic E-state index is 0.151. The highest BCUT2D eigenvalue weighted by Gasteiger charge is 2.02. The van der Waals surface area contributed by atoms with Crippen LogP contribution in [0.1, 0.15) is 11.1 Å². The third-order valence-corrected chi connectivity index (χ3v) is 2.91. The molecular formula is C15H18N2O3. The van der Waals surface area contributed by atoms with Crippen LogP contribution in [0.3, 0.4) is 0 Å². The van der Waals surface area contributed by atoms with Crippen molar-refractivity contribution in [3.63, 3.8) is 0 Å². The molecule has 0 spiro atoms. The van der Waals surface area contributed by atoms with Crippen molar-refractivity contribution in [1.29, 1.82) is 0 Å². The summed E-state index contributed by atoms with van der Waals surface area (Å²) in [6.07, 6.45) is 1.78. The van der Waals surface area contributed by atoms with E-state index in [9.17, 15) is 5.11 Å². The summed E-state index contributed by atoms with van der Waals surface area (Å²) in [5.41, 5.74) is 2.06. The number of ether oxygens (including phenoxy) is 2. The van der Waals surface area contributed by atoms with Crippen LogP contribution in [-0.4, -0.2) is 24.3 Å². The standard InChI is InChI=1S/C15H18N2O3/c1-19-14-5-3-11(7-13(14)18)8-16-9-12-4-6-15(20-2)17-10-12/h3-7,10,16,18H,8-9H2,1-2H3. The molecule has 0 amide bonds. The minimum atomic E-state index is 0.151. The van der Waals surface area contributed by atoms with Gasteiger partial charge >= 0.3 is 0 Å². The Kier molecular flexibility index (Phi) is 4.79. The first-order valence-electron chi connectivity index (χ1n) is 6.28. The highest BCUT2D eigenvalue weighted by Crippen LogP contribution is 2.26. The molecule has 1 aromatic heterocycles. The molecule has 0 fully saturated rings. The van der Waals surface area contributed by atoms with Crippen molar-refractivity contribution in [2.24, 2.45) is 0 Å². The zero-order valence-corrected chi connectivity index (χ0v) is 11.6. The molecule has 2 N–H and O–H groups in total. The highest BCUT2D eigenvalue weighted by atomic mass is 16.5. The van der Waals surface area contributed by atoms with Crippen LogP contribution in [0, 0.1) is 0 Å². The maximum Gasteiger partial charge on any atom is 0.212 e. The Morgan fingerprint density at radius 2 is 1.80 bits per heavy atom. The van der Waals surface area contributed by atoms with Crippen molar-refractivity contribution in [1.82, 2.24) is 10.3 Å². The van der Waals surface area contributed by atoms with Gasteiger partial charge in [0.15, 0.2) is 11.5 Å². The molecule has 1 heterocycles. The van der Waals surface area contributed by atoms with Crippen LogP contribution in [0.25, 0.3) is 0 Å². The Bertz CT molecular complexity index is 556. The van der Waals surface area contributed by atoms with Crippen LogP contribution in [-0.2, 0) is 13.1 Å². The van der Waals surface area contributed by atoms with Crippen molar-refractivity contribution >= 4 is 0 Å². The maximum absolute atomic E-state index is 9.69. The fourth-order valence-corrected chi connectivity index (χ4v) is 1.83. The summed E-state index contributed by atoms with van der Waals surface area (Å²) in [6, 6.07) is 9.15. The van der Waals surface area contributed by atoms with Crippen LogP contribution in [0.5, 0.6) is 17.4 Å². The Balaban J connectivity index is 1.87. The van der Waals surface area contributed by atoms with Gasteiger partial charge in [-0.05, 0) is 23.3 Å². The summed E-state index contributed by atoms with van der Waals surface area (Å²) >= 11 is 0. The monoisotopic (exact) mass is 274 g/mol. The zero-order valence-electron chi connectivity index (χ0n) is 11.6. The van der Waals surface area contributed by atoms with Gasteiger partial charge in [0.1, 0.15) is 0 Å². The lowest BCUT2D eigenvalue weighted by Gasteiger charge is -2.08. The Labute approximate surface area is 118 Å². The van der Waals surface area contributed by atoms with Crippen molar-refractivity contribution in [3.05, 3.63) is 47.7 Å². The van der Waals surface area contributed by atoms with E-state index in [1.165, 1.54) is 7.11 Å². The van der Waals surface area contributed by atoms with Crippen molar-refractivity contribution in [2.45, 2.75) is 13.1 Å². The number of nitrogens with one attached hydrogen (secondary N) is 1. The summed E-state index contributed by atoms with van der Waals surface area (Å²) < 4.78 is 10.0. The predicted molar refractivity (Wildman–Crippen MR) is 76.0 cm³/mol. The number of nitrogens with zero attached hydrogens (tertiary/aromatic N) is 1. The van der Waals surface area contributed by atoms with Crippen molar-refractivity contribution in [3.8, 4) is 17.4 Å². The normalized spacial score (nSPS) is 10.3. The molecule has 0 unspecified atom stereocenters. The number of benzene rings is 1. The summed E-state index contributed by atoms with van der Waals surface area (Å²) in [6.45, 7) is 1.35. The molecule has 5 heteroatoms. The Hall–Kier alpha value is -2.27. The van der Waals surface area contributed by atoms with E-state index in [-0.39, 0.29) is 5.75 Å². The van der Waals surface area contributed by atoms with Crippen LogP contribution in [0.4, 0.5) is 0 Å². The van der Waals surface area contributed by atoms with Crippen LogP contribution in [0.2, 0.25) is 0 Å². The second-order valence-electron chi connectivity index (χ2n) is 4.32. The van der Waals surface area contributed by atoms with E-state index < -0.39 is 0 Å². The number of pyridine rings is 1. The second kappa shape index (κ2) is 6.77. The first-order chi connectivity index (χ1) is 9.72. The average molecular weight is 274 g/mol. The summed E-state index contributed by atoms with van der Waals surface area (Å²) in [5, 5.41) is 13.0. The fourth-order valence-electron chi connectivity index (χ4n) is 1.83. The molecule has 0 saturated carbocycles. The number of aromatic hydroxyl groups is 1. The van der Waals surface area contributed by atoms with Crippen LogP contribution in [0.15, 0.2) is 36.5 Å². The number of rotatable bonds is 6. The maximum atomic E-state index is 9.69. The molecule has 0 aliphatic rings. The molecule has 106 valence electrons. The molecular weight excluding hydrogens is 256 g/mol. The third-order valence-electron chi connectivity index (χ3n) is 2.91. The van der Waals surface area contributed by atoms with E-state index in [0.29, 0.717) is 24.7 Å². The summed E-state index contributed by atoms with van der Waals surface area (Å²) in [4.78, 5) is 4.14. The first-order valence-corrected chi connectivity index (χ1v) is 6.28. The largest absolute Gasteiger partial charge is 0.504 e. The molecule has 0 radical (unpaired) electrons. The van der Waals surface area contributed by atoms with Gasteiger partial charge in [-0.2, -0.15) is 0 Å². The summed E-state index contributed by atoms with van der Waals surface area (Å²) in [7, 11) is 3.13. The second-order valence-corrected chi connectivity index (χ2v) is 4.32. The van der Waals surface area contributed by atoms with Gasteiger partial charge in [0.05, 0.1) is 14.2 Å². The van der Waals surface area contributed by atoms with Gasteiger partial charge in [0, 0.05) is 25.4 Å². The van der Waals surface area contributed by atoms with Gasteiger partial charge < -0.3 is 19.9 Å². The van der Waals surface area contributed by atoms with Gasteiger partial charge in [0.25, 0.3) is 0 Å². The van der Waals surface area contributed by atoms with E-state index in [0.717, 1.165) is 11.1 Å². The molecule has 1 aromatic carbocycles. The highest BCUT2D eigenvalue weighted by molar-refractivity contribution is 5.41. The topological polar surface area (TPSA) is 63.6 Å². The number of hydrogen-bond donors (Lipinski definition) is 2. The third kappa shape index (κ3) is 3.61. The number of hydrogen-bond acceptors (Lipinski definition) is 5. The number of phenolic OH excluding ortho intramolecular Hbond substituents is 1. The number of methoxy groups -OCH3 is 2. The lowest BCUT2D eigenvalue weighted by molar-refractivity contribution is 0.373. The summed E-state index contributed by atoms with van der Waals surface area (Å²) in [5.74, 6) is 1.24. The number of phenols is 1. The molecule has 2 rings (SSSR count). The Morgan fingerprint density at radius 3 is 2.40 bits per heavy atom. The average Bonchev–Trinajstić information content (AvgIpc) is 2.48. The van der Waals surface area contributed by atoms with E-state index in [4.69, 9.17) is 9.47 Å². The van der Waals surface area contributed by atoms with Crippen molar-refractivity contribution in [2.75, 3.05) is 14.2 Å². The molecule has 20 heavy (non-hydrogen) atoms. The van der Waals surface area contributed by atoms with E-state index >= 15 is 0 Å². The Morgan fingerprint density at radius 1 is 1.05 bits per heavy atom. The molecule has 0 saturated heterocycles. The number of aromatic nitrogens is 1. The van der Waals surface area contributed by atoms with Gasteiger partial charge in [-0.3, -0.25) is 0 Å². The first kappa shape index (κ1) is 14.1. The van der Waals surface area contributed by atoms with Crippen LogP contribution < -0.4 is 14.8 Å². The quantitative estimate of drug-likeness (QED) is 0.844.